The molecule has 4 heteroatoms. The van der Waals surface area contributed by atoms with E-state index in [4.69, 9.17) is 5.73 Å². The Labute approximate surface area is 91.1 Å². The number of imidazole rings is 1. The van der Waals surface area contributed by atoms with Gasteiger partial charge in [-0.1, -0.05) is 13.3 Å². The van der Waals surface area contributed by atoms with Gasteiger partial charge >= 0.3 is 0 Å². The van der Waals surface area contributed by atoms with E-state index >= 15 is 0 Å². The van der Waals surface area contributed by atoms with E-state index in [1.54, 1.807) is 6.20 Å². The van der Waals surface area contributed by atoms with Gasteiger partial charge in [-0.2, -0.15) is 0 Å². The van der Waals surface area contributed by atoms with Crippen LogP contribution in [0.2, 0.25) is 0 Å². The molecule has 0 amide bonds. The molecule has 2 heterocycles. The minimum atomic E-state index is 0.619. The van der Waals surface area contributed by atoms with Crippen molar-refractivity contribution in [2.75, 3.05) is 18.8 Å². The molecular weight excluding hydrogens is 188 g/mol. The molecule has 0 spiro atoms. The van der Waals surface area contributed by atoms with Gasteiger partial charge in [0.1, 0.15) is 0 Å². The maximum atomic E-state index is 5.74. The van der Waals surface area contributed by atoms with Gasteiger partial charge in [0.15, 0.2) is 0 Å². The van der Waals surface area contributed by atoms with E-state index in [-0.39, 0.29) is 0 Å². The van der Waals surface area contributed by atoms with E-state index in [9.17, 15) is 0 Å². The Morgan fingerprint density at radius 1 is 1.60 bits per heavy atom. The molecule has 1 aromatic rings. The molecule has 1 aliphatic rings. The van der Waals surface area contributed by atoms with Gasteiger partial charge in [-0.15, -0.1) is 0 Å². The van der Waals surface area contributed by atoms with E-state index in [1.165, 1.54) is 32.4 Å². The number of nitrogens with two attached hydrogens (primary N) is 1. The fraction of sp³-hybridized carbons (Fsp3) is 0.727. The van der Waals surface area contributed by atoms with Gasteiger partial charge in [0.25, 0.3) is 0 Å². The van der Waals surface area contributed by atoms with Crippen LogP contribution in [-0.4, -0.2) is 27.5 Å². The highest BCUT2D eigenvalue weighted by atomic mass is 15.3. The van der Waals surface area contributed by atoms with Gasteiger partial charge in [-0.25, -0.2) is 4.98 Å². The highest BCUT2D eigenvalue weighted by molar-refractivity contribution is 5.16. The maximum absolute atomic E-state index is 5.74. The fourth-order valence-corrected chi connectivity index (χ4v) is 2.36. The van der Waals surface area contributed by atoms with Crippen LogP contribution in [0, 0.1) is 5.92 Å². The van der Waals surface area contributed by atoms with Crippen molar-refractivity contribution < 1.29 is 0 Å². The predicted octanol–water partition coefficient (Wildman–Crippen LogP) is 1.54. The zero-order valence-corrected chi connectivity index (χ0v) is 9.39. The van der Waals surface area contributed by atoms with Crippen molar-refractivity contribution in [2.45, 2.75) is 32.9 Å². The van der Waals surface area contributed by atoms with E-state index < -0.39 is 0 Å². The Hall–Kier alpha value is -1.03. The molecule has 2 N–H and O–H groups in total. The van der Waals surface area contributed by atoms with Crippen LogP contribution in [0.1, 0.15) is 26.2 Å². The van der Waals surface area contributed by atoms with Gasteiger partial charge < -0.3 is 10.3 Å². The van der Waals surface area contributed by atoms with Gasteiger partial charge in [0.2, 0.25) is 5.95 Å². The third kappa shape index (κ3) is 2.50. The molecule has 0 aliphatic carbocycles. The number of rotatable bonds is 4. The van der Waals surface area contributed by atoms with E-state index in [1.807, 2.05) is 10.8 Å². The normalized spacial score (nSPS) is 22.3. The summed E-state index contributed by atoms with van der Waals surface area (Å²) in [6, 6.07) is 0. The highest BCUT2D eigenvalue weighted by Gasteiger charge is 2.21. The Kier molecular flexibility index (Phi) is 3.26. The van der Waals surface area contributed by atoms with E-state index in [0.717, 1.165) is 12.6 Å². The Balaban J connectivity index is 1.85. The molecule has 2 rings (SSSR count). The number of anilines is 1. The van der Waals surface area contributed by atoms with Gasteiger partial charge in [0, 0.05) is 25.5 Å². The van der Waals surface area contributed by atoms with Crippen LogP contribution in [0.4, 0.5) is 5.95 Å². The van der Waals surface area contributed by atoms with Crippen molar-refractivity contribution in [3.05, 3.63) is 12.4 Å². The molecule has 0 radical (unpaired) electrons. The fourth-order valence-electron chi connectivity index (χ4n) is 2.36. The van der Waals surface area contributed by atoms with Crippen LogP contribution in [0.15, 0.2) is 12.4 Å². The summed E-state index contributed by atoms with van der Waals surface area (Å²) in [5, 5.41) is 0. The second-order valence-corrected chi connectivity index (χ2v) is 4.42. The SMILES string of the molecule is CCCC1CCN(Cn2ccnc2N)C1. The average molecular weight is 208 g/mol. The first-order chi connectivity index (χ1) is 7.29. The van der Waals surface area contributed by atoms with Crippen LogP contribution in [0.3, 0.4) is 0 Å². The standard InChI is InChI=1S/C11H20N4/c1-2-3-10-4-6-14(8-10)9-15-7-5-13-11(15)12/h5,7,10H,2-4,6,8-9H2,1H3,(H2,12,13). The molecule has 0 bridgehead atoms. The van der Waals surface area contributed by atoms with Crippen molar-refractivity contribution in [1.29, 1.82) is 0 Å². The number of hydrogen-bond acceptors (Lipinski definition) is 3. The predicted molar refractivity (Wildman–Crippen MR) is 61.2 cm³/mol. The van der Waals surface area contributed by atoms with Gasteiger partial charge in [-0.3, -0.25) is 4.90 Å². The zero-order valence-electron chi connectivity index (χ0n) is 9.39. The number of aromatic nitrogens is 2. The molecule has 1 atom stereocenters. The number of nitrogen functional groups attached to an aromatic ring is 1. The summed E-state index contributed by atoms with van der Waals surface area (Å²) < 4.78 is 2.01. The monoisotopic (exact) mass is 208 g/mol. The third-order valence-corrected chi connectivity index (χ3v) is 3.17. The lowest BCUT2D eigenvalue weighted by molar-refractivity contribution is 0.259. The number of nitrogens with zero attached hydrogens (tertiary/aromatic N) is 3. The second-order valence-electron chi connectivity index (χ2n) is 4.42. The summed E-state index contributed by atoms with van der Waals surface area (Å²) in [4.78, 5) is 6.48. The summed E-state index contributed by atoms with van der Waals surface area (Å²) in [5.74, 6) is 1.51. The van der Waals surface area contributed by atoms with Crippen LogP contribution in [0.25, 0.3) is 0 Å². The lowest BCUT2D eigenvalue weighted by atomic mass is 10.0. The summed E-state index contributed by atoms with van der Waals surface area (Å²) in [5.41, 5.74) is 5.74. The van der Waals surface area contributed by atoms with Crippen LogP contribution in [0.5, 0.6) is 0 Å². The number of likely N-dealkylation sites (tertiary alicyclic amines) is 1. The summed E-state index contributed by atoms with van der Waals surface area (Å²) in [7, 11) is 0. The van der Waals surface area contributed by atoms with Crippen LogP contribution >= 0.6 is 0 Å². The molecule has 1 saturated heterocycles. The molecule has 1 aliphatic heterocycles. The van der Waals surface area contributed by atoms with Crippen molar-refractivity contribution in [1.82, 2.24) is 14.5 Å². The lowest BCUT2D eigenvalue weighted by Crippen LogP contribution is -2.24. The first kappa shape index (κ1) is 10.5. The maximum Gasteiger partial charge on any atom is 0.201 e. The summed E-state index contributed by atoms with van der Waals surface area (Å²) >= 11 is 0. The molecule has 0 saturated carbocycles. The summed E-state index contributed by atoms with van der Waals surface area (Å²) in [6.45, 7) is 5.57. The van der Waals surface area contributed by atoms with Crippen molar-refractivity contribution in [2.24, 2.45) is 5.92 Å². The van der Waals surface area contributed by atoms with Crippen LogP contribution < -0.4 is 5.73 Å². The molecular formula is C11H20N4. The van der Waals surface area contributed by atoms with E-state index in [2.05, 4.69) is 16.8 Å². The molecule has 4 nitrogen and oxygen atoms in total. The molecule has 1 fully saturated rings. The quantitative estimate of drug-likeness (QED) is 0.816. The Morgan fingerprint density at radius 2 is 2.47 bits per heavy atom. The highest BCUT2D eigenvalue weighted by Crippen LogP contribution is 2.21. The minimum absolute atomic E-state index is 0.619. The van der Waals surface area contributed by atoms with Crippen molar-refractivity contribution in [3.63, 3.8) is 0 Å². The number of hydrogen-bond donors (Lipinski definition) is 1. The topological polar surface area (TPSA) is 47.1 Å². The van der Waals surface area contributed by atoms with Gasteiger partial charge in [-0.05, 0) is 18.8 Å². The first-order valence-electron chi connectivity index (χ1n) is 5.78. The zero-order chi connectivity index (χ0) is 10.7. The van der Waals surface area contributed by atoms with Crippen molar-refractivity contribution in [3.8, 4) is 0 Å². The van der Waals surface area contributed by atoms with E-state index in [0.29, 0.717) is 5.95 Å². The summed E-state index contributed by atoms with van der Waals surface area (Å²) in [6.07, 6.45) is 7.70. The average Bonchev–Trinajstić information content (AvgIpc) is 2.79. The molecule has 1 unspecified atom stereocenters. The minimum Gasteiger partial charge on any atom is -0.369 e. The molecule has 1 aromatic heterocycles. The van der Waals surface area contributed by atoms with Gasteiger partial charge in [0.05, 0.1) is 6.67 Å². The Bertz CT molecular complexity index is 307. The third-order valence-electron chi connectivity index (χ3n) is 3.17. The molecule has 0 aromatic carbocycles. The van der Waals surface area contributed by atoms with Crippen LogP contribution in [-0.2, 0) is 6.67 Å². The molecule has 15 heavy (non-hydrogen) atoms. The molecule has 84 valence electrons. The smallest absolute Gasteiger partial charge is 0.201 e. The largest absolute Gasteiger partial charge is 0.369 e. The first-order valence-corrected chi connectivity index (χ1v) is 5.78. The second kappa shape index (κ2) is 4.66. The lowest BCUT2D eigenvalue weighted by Gasteiger charge is -2.17. The Morgan fingerprint density at radius 3 is 3.13 bits per heavy atom. The van der Waals surface area contributed by atoms with Crippen molar-refractivity contribution >= 4 is 5.95 Å².